The van der Waals surface area contributed by atoms with E-state index in [1.807, 2.05) is 0 Å². The van der Waals surface area contributed by atoms with Gasteiger partial charge in [0.05, 0.1) is 12.5 Å². The van der Waals surface area contributed by atoms with Crippen LogP contribution in [-0.2, 0) is 9.53 Å². The van der Waals surface area contributed by atoms with Crippen LogP contribution >= 0.6 is 11.6 Å². The van der Waals surface area contributed by atoms with Crippen LogP contribution in [0.5, 0.6) is 0 Å². The number of nitrogens with zero attached hydrogens (tertiary/aromatic N) is 1. The molecule has 0 saturated carbocycles. The molecule has 4 nitrogen and oxygen atoms in total. The highest BCUT2D eigenvalue weighted by atomic mass is 35.5. The maximum Gasteiger partial charge on any atom is 0.352 e. The highest BCUT2D eigenvalue weighted by Gasteiger charge is 2.14. The van der Waals surface area contributed by atoms with E-state index in [1.54, 1.807) is 6.92 Å². The molecular weight excluding hydrogens is 182 g/mol. The molecule has 0 aromatic carbocycles. The van der Waals surface area contributed by atoms with E-state index in [2.05, 4.69) is 4.74 Å². The fourth-order valence-electron chi connectivity index (χ4n) is 0.498. The number of hydrogen-bond donors (Lipinski definition) is 1. The molecule has 0 heterocycles. The minimum atomic E-state index is -0.849. The van der Waals surface area contributed by atoms with Gasteiger partial charge in [-0.05, 0) is 6.92 Å². The molecule has 5 heteroatoms. The maximum absolute atomic E-state index is 10.9. The smallest absolute Gasteiger partial charge is 0.352 e. The molecule has 0 aromatic rings. The van der Waals surface area contributed by atoms with E-state index >= 15 is 0 Å². The molecule has 12 heavy (non-hydrogen) atoms. The van der Waals surface area contributed by atoms with Crippen molar-refractivity contribution in [3.8, 4) is 6.07 Å². The first-order valence-corrected chi connectivity index (χ1v) is 3.76. The summed E-state index contributed by atoms with van der Waals surface area (Å²) < 4.78 is 4.48. The van der Waals surface area contributed by atoms with Crippen molar-refractivity contribution in [2.24, 2.45) is 0 Å². The highest BCUT2D eigenvalue weighted by Crippen LogP contribution is 2.04. The predicted octanol–water partition coefficient (Wildman–Crippen LogP) is 1.12. The SMILES string of the molecule is CCOC(=O)C(C#N)=C(O)CCl. The number of halogens is 1. The van der Waals surface area contributed by atoms with Crippen LogP contribution in [0.25, 0.3) is 0 Å². The van der Waals surface area contributed by atoms with Gasteiger partial charge < -0.3 is 9.84 Å². The predicted molar refractivity (Wildman–Crippen MR) is 42.6 cm³/mol. The van der Waals surface area contributed by atoms with Gasteiger partial charge >= 0.3 is 5.97 Å². The average Bonchev–Trinajstić information content (AvgIpc) is 2.06. The monoisotopic (exact) mass is 189 g/mol. The van der Waals surface area contributed by atoms with Crippen LogP contribution < -0.4 is 0 Å². The van der Waals surface area contributed by atoms with Gasteiger partial charge in [0.1, 0.15) is 11.8 Å². The average molecular weight is 190 g/mol. The number of aliphatic hydroxyl groups excluding tert-OH is 1. The topological polar surface area (TPSA) is 70.3 Å². The van der Waals surface area contributed by atoms with Crippen LogP contribution in [0.4, 0.5) is 0 Å². The summed E-state index contributed by atoms with van der Waals surface area (Å²) in [6, 6.07) is 1.51. The van der Waals surface area contributed by atoms with E-state index in [0.717, 1.165) is 0 Å². The molecule has 0 aliphatic carbocycles. The van der Waals surface area contributed by atoms with Crippen LogP contribution in [0.3, 0.4) is 0 Å². The Morgan fingerprint density at radius 1 is 1.75 bits per heavy atom. The van der Waals surface area contributed by atoms with Crippen molar-refractivity contribution in [3.05, 3.63) is 11.3 Å². The third-order valence-electron chi connectivity index (χ3n) is 1.01. The van der Waals surface area contributed by atoms with E-state index in [1.165, 1.54) is 6.07 Å². The van der Waals surface area contributed by atoms with Crippen molar-refractivity contribution < 1.29 is 14.6 Å². The molecule has 0 aliphatic heterocycles. The van der Waals surface area contributed by atoms with Crippen molar-refractivity contribution in [2.45, 2.75) is 6.92 Å². The molecule has 0 spiro atoms. The van der Waals surface area contributed by atoms with Gasteiger partial charge in [0.25, 0.3) is 0 Å². The number of nitriles is 1. The second-order valence-corrected chi connectivity index (χ2v) is 2.05. The van der Waals surface area contributed by atoms with Crippen LogP contribution in [0.1, 0.15) is 6.92 Å². The Morgan fingerprint density at radius 2 is 2.33 bits per heavy atom. The zero-order valence-electron chi connectivity index (χ0n) is 6.50. The molecule has 0 amide bonds. The van der Waals surface area contributed by atoms with E-state index in [4.69, 9.17) is 22.0 Å². The number of rotatable bonds is 3. The quantitative estimate of drug-likeness (QED) is 0.238. The van der Waals surface area contributed by atoms with Crippen molar-refractivity contribution in [2.75, 3.05) is 12.5 Å². The maximum atomic E-state index is 10.9. The molecule has 0 fully saturated rings. The molecule has 66 valence electrons. The lowest BCUT2D eigenvalue weighted by Gasteiger charge is -2.00. The summed E-state index contributed by atoms with van der Waals surface area (Å²) in [6.45, 7) is 1.75. The summed E-state index contributed by atoms with van der Waals surface area (Å²) in [5, 5.41) is 17.3. The molecule has 0 aromatic heterocycles. The van der Waals surface area contributed by atoms with Crippen LogP contribution in [0, 0.1) is 11.3 Å². The lowest BCUT2D eigenvalue weighted by atomic mass is 10.2. The molecule has 0 rings (SSSR count). The molecule has 1 N–H and O–H groups in total. The van der Waals surface area contributed by atoms with Gasteiger partial charge in [0.15, 0.2) is 5.57 Å². The summed E-state index contributed by atoms with van der Waals surface area (Å²) >= 11 is 5.20. The Morgan fingerprint density at radius 3 is 2.67 bits per heavy atom. The number of carbonyl (C=O) groups excluding carboxylic acids is 1. The molecule has 0 unspecified atom stereocenters. The Labute approximate surface area is 75.0 Å². The van der Waals surface area contributed by atoms with Gasteiger partial charge in [-0.1, -0.05) is 0 Å². The molecule has 0 saturated heterocycles. The third-order valence-corrected chi connectivity index (χ3v) is 1.26. The Balaban J connectivity index is 4.59. The lowest BCUT2D eigenvalue weighted by Crippen LogP contribution is -2.09. The van der Waals surface area contributed by atoms with E-state index in [-0.39, 0.29) is 12.5 Å². The first kappa shape index (κ1) is 10.8. The van der Waals surface area contributed by atoms with Crippen molar-refractivity contribution in [1.82, 2.24) is 0 Å². The normalized spacial score (nSPS) is 11.4. The number of alkyl halides is 1. The van der Waals surface area contributed by atoms with Crippen LogP contribution in [0.2, 0.25) is 0 Å². The summed E-state index contributed by atoms with van der Waals surface area (Å²) in [4.78, 5) is 10.9. The third kappa shape index (κ3) is 2.81. The van der Waals surface area contributed by atoms with E-state index in [9.17, 15) is 4.79 Å². The second kappa shape index (κ2) is 5.44. The molecular formula is C7H8ClNO3. The summed E-state index contributed by atoms with van der Waals surface area (Å²) in [5.74, 6) is -1.59. The fraction of sp³-hybridized carbons (Fsp3) is 0.429. The summed E-state index contributed by atoms with van der Waals surface area (Å²) in [7, 11) is 0. The number of carbonyl (C=O) groups is 1. The van der Waals surface area contributed by atoms with Gasteiger partial charge in [0.2, 0.25) is 0 Å². The van der Waals surface area contributed by atoms with Gasteiger partial charge in [-0.2, -0.15) is 5.26 Å². The Hall–Kier alpha value is -1.21. The highest BCUT2D eigenvalue weighted by molar-refractivity contribution is 6.19. The van der Waals surface area contributed by atoms with Crippen molar-refractivity contribution in [1.29, 1.82) is 5.26 Å². The minimum absolute atomic E-state index is 0.152. The van der Waals surface area contributed by atoms with Gasteiger partial charge in [-0.15, -0.1) is 11.6 Å². The van der Waals surface area contributed by atoms with Gasteiger partial charge in [-0.25, -0.2) is 4.79 Å². The largest absolute Gasteiger partial charge is 0.509 e. The minimum Gasteiger partial charge on any atom is -0.509 e. The first-order valence-electron chi connectivity index (χ1n) is 3.22. The van der Waals surface area contributed by atoms with Crippen LogP contribution in [0.15, 0.2) is 11.3 Å². The number of hydrogen-bond acceptors (Lipinski definition) is 4. The standard InChI is InChI=1S/C7H8ClNO3/c1-2-12-7(11)5(4-9)6(10)3-8/h10H,2-3H2,1H3. The first-order chi connectivity index (χ1) is 5.67. The summed E-state index contributed by atoms with van der Waals surface area (Å²) in [6.07, 6.45) is 0. The second-order valence-electron chi connectivity index (χ2n) is 1.79. The zero-order chi connectivity index (χ0) is 9.56. The molecule has 0 atom stereocenters. The molecule has 0 radical (unpaired) electrons. The number of aliphatic hydroxyl groups is 1. The van der Waals surface area contributed by atoms with Gasteiger partial charge in [-0.3, -0.25) is 0 Å². The fourth-order valence-corrected chi connectivity index (χ4v) is 0.632. The number of esters is 1. The van der Waals surface area contributed by atoms with E-state index in [0.29, 0.717) is 0 Å². The zero-order valence-corrected chi connectivity index (χ0v) is 7.26. The lowest BCUT2D eigenvalue weighted by molar-refractivity contribution is -0.138. The van der Waals surface area contributed by atoms with Gasteiger partial charge in [0, 0.05) is 0 Å². The Bertz CT molecular complexity index is 242. The van der Waals surface area contributed by atoms with Crippen molar-refractivity contribution >= 4 is 17.6 Å². The number of ether oxygens (including phenoxy) is 1. The number of allylic oxidation sites excluding steroid dienone is 1. The molecule has 0 aliphatic rings. The Kier molecular flexibility index (Phi) is 4.89. The van der Waals surface area contributed by atoms with E-state index < -0.39 is 17.3 Å². The molecule has 0 bridgehead atoms. The summed E-state index contributed by atoms with van der Waals surface area (Å²) in [5.41, 5.74) is -0.438. The van der Waals surface area contributed by atoms with Crippen LogP contribution in [-0.4, -0.2) is 23.6 Å². The van der Waals surface area contributed by atoms with Crippen molar-refractivity contribution in [3.63, 3.8) is 0 Å².